The van der Waals surface area contributed by atoms with E-state index in [4.69, 9.17) is 14.5 Å². The number of anilines is 1. The molecule has 33 heavy (non-hydrogen) atoms. The van der Waals surface area contributed by atoms with Crippen molar-refractivity contribution >= 4 is 35.8 Å². The van der Waals surface area contributed by atoms with Crippen LogP contribution in [0.4, 0.5) is 5.82 Å². The molecule has 7 nitrogen and oxygen atoms in total. The van der Waals surface area contributed by atoms with Crippen molar-refractivity contribution in [3.8, 4) is 11.5 Å². The second kappa shape index (κ2) is 14.8. The minimum Gasteiger partial charge on any atom is -0.493 e. The molecule has 1 fully saturated rings. The summed E-state index contributed by atoms with van der Waals surface area (Å²) in [4.78, 5) is 11.8. The van der Waals surface area contributed by atoms with Crippen molar-refractivity contribution < 1.29 is 9.47 Å². The maximum absolute atomic E-state index is 5.40. The monoisotopic (exact) mass is 567 g/mol. The van der Waals surface area contributed by atoms with Crippen LogP contribution in [0.1, 0.15) is 43.7 Å². The average molecular weight is 568 g/mol. The third-order valence-electron chi connectivity index (χ3n) is 5.66. The zero-order chi connectivity index (χ0) is 22.6. The van der Waals surface area contributed by atoms with Crippen molar-refractivity contribution in [2.24, 2.45) is 4.99 Å². The predicted molar refractivity (Wildman–Crippen MR) is 146 cm³/mol. The number of hydrogen-bond donors (Lipinski definition) is 2. The van der Waals surface area contributed by atoms with Crippen LogP contribution in [0.2, 0.25) is 0 Å². The summed E-state index contributed by atoms with van der Waals surface area (Å²) in [6.07, 6.45) is 7.90. The number of nitrogens with zero attached hydrogens (tertiary/aromatic N) is 3. The second-order valence-corrected chi connectivity index (χ2v) is 7.98. The van der Waals surface area contributed by atoms with Gasteiger partial charge in [-0.05, 0) is 61.6 Å². The first-order chi connectivity index (χ1) is 15.7. The van der Waals surface area contributed by atoms with E-state index in [1.54, 1.807) is 14.2 Å². The molecule has 2 N–H and O–H groups in total. The number of rotatable bonds is 9. The highest BCUT2D eigenvalue weighted by Gasteiger charge is 2.11. The maximum atomic E-state index is 5.40. The van der Waals surface area contributed by atoms with Crippen LogP contribution < -0.4 is 25.0 Å². The number of ether oxygens (including phenoxy) is 2. The number of aliphatic imine (C=N–C) groups is 1. The lowest BCUT2D eigenvalue weighted by Gasteiger charge is -2.21. The number of methoxy groups -OCH3 is 2. The van der Waals surface area contributed by atoms with E-state index in [0.29, 0.717) is 6.54 Å². The molecule has 0 unspecified atom stereocenters. The molecule has 0 atom stereocenters. The van der Waals surface area contributed by atoms with Crippen LogP contribution in [-0.4, -0.2) is 51.3 Å². The predicted octanol–water partition coefficient (Wildman–Crippen LogP) is 4.40. The van der Waals surface area contributed by atoms with Gasteiger partial charge in [0.15, 0.2) is 17.5 Å². The van der Waals surface area contributed by atoms with E-state index in [9.17, 15) is 0 Å². The summed E-state index contributed by atoms with van der Waals surface area (Å²) in [7, 11) is 3.31. The lowest BCUT2D eigenvalue weighted by molar-refractivity contribution is 0.354. The molecule has 0 aliphatic carbocycles. The van der Waals surface area contributed by atoms with Gasteiger partial charge < -0.3 is 25.0 Å². The van der Waals surface area contributed by atoms with Gasteiger partial charge in [-0.15, -0.1) is 24.0 Å². The maximum Gasteiger partial charge on any atom is 0.191 e. The third-order valence-corrected chi connectivity index (χ3v) is 5.66. The van der Waals surface area contributed by atoms with Crippen molar-refractivity contribution in [2.45, 2.75) is 45.6 Å². The zero-order valence-electron chi connectivity index (χ0n) is 20.1. The summed E-state index contributed by atoms with van der Waals surface area (Å²) >= 11 is 0. The Kier molecular flexibility index (Phi) is 12.1. The Morgan fingerprint density at radius 1 is 0.970 bits per heavy atom. The van der Waals surface area contributed by atoms with Crippen LogP contribution in [0.3, 0.4) is 0 Å². The van der Waals surface area contributed by atoms with Gasteiger partial charge in [0, 0.05) is 32.4 Å². The summed E-state index contributed by atoms with van der Waals surface area (Å²) < 4.78 is 10.7. The number of aromatic nitrogens is 1. The van der Waals surface area contributed by atoms with Crippen molar-refractivity contribution in [1.82, 2.24) is 15.6 Å². The largest absolute Gasteiger partial charge is 0.493 e. The van der Waals surface area contributed by atoms with Gasteiger partial charge in [-0.2, -0.15) is 0 Å². The number of halogens is 1. The Labute approximate surface area is 215 Å². The fraction of sp³-hybridized carbons (Fsp3) is 0.520. The molecule has 3 rings (SSSR count). The van der Waals surface area contributed by atoms with Crippen LogP contribution >= 0.6 is 24.0 Å². The van der Waals surface area contributed by atoms with Gasteiger partial charge in [0.05, 0.1) is 20.8 Å². The molecule has 1 saturated heterocycles. The molecule has 2 aromatic rings. The first-order valence-corrected chi connectivity index (χ1v) is 11.7. The van der Waals surface area contributed by atoms with Gasteiger partial charge in [-0.1, -0.05) is 18.9 Å². The van der Waals surface area contributed by atoms with E-state index < -0.39 is 0 Å². The molecule has 0 bridgehead atoms. The quantitative estimate of drug-likeness (QED) is 0.266. The number of nitrogens with one attached hydrogen (secondary N) is 2. The van der Waals surface area contributed by atoms with Crippen molar-refractivity contribution in [2.75, 3.05) is 45.3 Å². The molecule has 8 heteroatoms. The van der Waals surface area contributed by atoms with E-state index in [1.807, 2.05) is 18.3 Å². The molecule has 0 radical (unpaired) electrons. The van der Waals surface area contributed by atoms with Gasteiger partial charge in [0.25, 0.3) is 0 Å². The Hall–Kier alpha value is -2.23. The highest BCUT2D eigenvalue weighted by Crippen LogP contribution is 2.27. The second-order valence-electron chi connectivity index (χ2n) is 7.98. The molecular weight excluding hydrogens is 529 g/mol. The fourth-order valence-electron chi connectivity index (χ4n) is 3.91. The van der Waals surface area contributed by atoms with Crippen molar-refractivity contribution in [3.05, 3.63) is 47.7 Å². The Balaban J connectivity index is 0.00000385. The molecule has 0 spiro atoms. The minimum absolute atomic E-state index is 0. The molecule has 0 amide bonds. The Morgan fingerprint density at radius 3 is 2.42 bits per heavy atom. The summed E-state index contributed by atoms with van der Waals surface area (Å²) in [5, 5.41) is 6.77. The highest BCUT2D eigenvalue weighted by molar-refractivity contribution is 14.0. The average Bonchev–Trinajstić information content (AvgIpc) is 3.12. The first kappa shape index (κ1) is 27.0. The van der Waals surface area contributed by atoms with Gasteiger partial charge in [0.1, 0.15) is 5.82 Å². The zero-order valence-corrected chi connectivity index (χ0v) is 22.4. The first-order valence-electron chi connectivity index (χ1n) is 11.7. The van der Waals surface area contributed by atoms with E-state index in [0.717, 1.165) is 55.9 Å². The van der Waals surface area contributed by atoms with Crippen molar-refractivity contribution in [3.63, 3.8) is 0 Å². The van der Waals surface area contributed by atoms with E-state index in [2.05, 4.69) is 45.6 Å². The molecular formula is C25H38IN5O2. The topological polar surface area (TPSA) is 71.0 Å². The standard InChI is InChI=1S/C25H37N5O2.HI/c1-4-26-25(28-14-11-20-9-10-22(31-2)23(17-20)32-3)29-19-21-12-13-27-24(18-21)30-15-7-5-6-8-16-30;/h9-10,12-13,17-18H,4-8,11,14-16,19H2,1-3H3,(H2,26,28,29);1H. The summed E-state index contributed by atoms with van der Waals surface area (Å²) in [5.41, 5.74) is 2.36. The molecule has 2 heterocycles. The van der Waals surface area contributed by atoms with E-state index in [1.165, 1.54) is 36.8 Å². The molecule has 1 aliphatic heterocycles. The molecule has 182 valence electrons. The highest BCUT2D eigenvalue weighted by atomic mass is 127. The van der Waals surface area contributed by atoms with Gasteiger partial charge in [-0.3, -0.25) is 0 Å². The minimum atomic E-state index is 0. The molecule has 0 saturated carbocycles. The third kappa shape index (κ3) is 8.57. The Bertz CT molecular complexity index is 870. The number of guanidine groups is 1. The SMILES string of the molecule is CCNC(=NCc1ccnc(N2CCCCCC2)c1)NCCc1ccc(OC)c(OC)c1.I. The molecule has 1 aromatic heterocycles. The number of hydrogen-bond acceptors (Lipinski definition) is 5. The van der Waals surface area contributed by atoms with Gasteiger partial charge in [-0.25, -0.2) is 9.98 Å². The van der Waals surface area contributed by atoms with E-state index in [-0.39, 0.29) is 24.0 Å². The van der Waals surface area contributed by atoms with Crippen LogP contribution in [0.25, 0.3) is 0 Å². The van der Waals surface area contributed by atoms with Crippen molar-refractivity contribution in [1.29, 1.82) is 0 Å². The van der Waals surface area contributed by atoms with Gasteiger partial charge >= 0.3 is 0 Å². The Morgan fingerprint density at radius 2 is 1.73 bits per heavy atom. The summed E-state index contributed by atoms with van der Waals surface area (Å²) in [5.74, 6) is 3.40. The summed E-state index contributed by atoms with van der Waals surface area (Å²) in [6, 6.07) is 10.3. The van der Waals surface area contributed by atoms with E-state index >= 15 is 0 Å². The lowest BCUT2D eigenvalue weighted by Crippen LogP contribution is -2.38. The lowest BCUT2D eigenvalue weighted by atomic mass is 10.1. The molecule has 1 aromatic carbocycles. The van der Waals surface area contributed by atoms with Crippen LogP contribution in [-0.2, 0) is 13.0 Å². The van der Waals surface area contributed by atoms with Crippen LogP contribution in [0.15, 0.2) is 41.5 Å². The van der Waals surface area contributed by atoms with Gasteiger partial charge in [0.2, 0.25) is 0 Å². The van der Waals surface area contributed by atoms with Crippen LogP contribution in [0, 0.1) is 0 Å². The summed E-state index contributed by atoms with van der Waals surface area (Å²) in [6.45, 7) is 6.48. The number of pyridine rings is 1. The smallest absolute Gasteiger partial charge is 0.191 e. The van der Waals surface area contributed by atoms with Crippen LogP contribution in [0.5, 0.6) is 11.5 Å². The number of benzene rings is 1. The molecule has 1 aliphatic rings. The normalized spacial score (nSPS) is 14.2. The fourth-order valence-corrected chi connectivity index (χ4v) is 3.91.